The highest BCUT2D eigenvalue weighted by Crippen LogP contribution is 2.55. The van der Waals surface area contributed by atoms with E-state index in [1.165, 1.54) is 32.3 Å². The molecule has 378 valence electrons. The van der Waals surface area contributed by atoms with Gasteiger partial charge in [0.05, 0.1) is 50.2 Å². The first-order valence-corrected chi connectivity index (χ1v) is 27.5. The van der Waals surface area contributed by atoms with Crippen molar-refractivity contribution >= 4 is 65.4 Å². The van der Waals surface area contributed by atoms with Crippen molar-refractivity contribution in [2.24, 2.45) is 0 Å². The molecule has 6 heteroatoms. The Morgan fingerprint density at radius 2 is 0.358 bits per heavy atom. The van der Waals surface area contributed by atoms with E-state index in [1.54, 1.807) is 0 Å². The fourth-order valence-electron chi connectivity index (χ4n) is 12.6. The zero-order chi connectivity index (χ0) is 53.4. The van der Waals surface area contributed by atoms with E-state index in [-0.39, 0.29) is 0 Å². The van der Waals surface area contributed by atoms with Gasteiger partial charge in [0.25, 0.3) is 0 Å². The van der Waals surface area contributed by atoms with Crippen LogP contribution in [-0.2, 0) is 0 Å². The van der Waals surface area contributed by atoms with Gasteiger partial charge in [0.15, 0.2) is 17.5 Å². The van der Waals surface area contributed by atoms with Gasteiger partial charge in [-0.25, -0.2) is 15.0 Å². The number of nitrogens with zero attached hydrogens (tertiary/aromatic N) is 6. The molecule has 0 saturated heterocycles. The third kappa shape index (κ3) is 7.38. The molecular weight excluding hydrogens is 985 g/mol. The quantitative estimate of drug-likeness (QED) is 0.145. The number of rotatable bonds is 9. The summed E-state index contributed by atoms with van der Waals surface area (Å²) in [6.45, 7) is 0. The number of fused-ring (bicyclic) bond motifs is 9. The monoisotopic (exact) mass is 1030 g/mol. The fraction of sp³-hybridized carbons (Fsp3) is 0. The summed E-state index contributed by atoms with van der Waals surface area (Å²) in [6.07, 6.45) is 0. The number of benzene rings is 12. The van der Waals surface area contributed by atoms with Gasteiger partial charge in [0.1, 0.15) is 0 Å². The Balaban J connectivity index is 1.14. The standard InChI is InChI=1S/C75H48N6/c1-5-25-49(26-6-1)67-70(79-61-39-19-13-33-55(61)56-34-14-20-40-62(56)79)68(50-27-7-2-8-28-50)72(81-65-43-23-17-37-59(65)60-38-18-24-44-66(60)81)69(71(67)80-63-41-21-15-35-57(63)58-36-16-22-42-64(58)80)51-45-47-54(48-46-51)75-77-73(52-29-9-3-10-30-52)76-74(78-75)53-31-11-4-12-32-53/h1-48H. The average Bonchev–Trinajstić information content (AvgIpc) is 4.10. The van der Waals surface area contributed by atoms with Crippen molar-refractivity contribution in [2.45, 2.75) is 0 Å². The molecule has 0 bridgehead atoms. The maximum atomic E-state index is 5.22. The minimum absolute atomic E-state index is 0.594. The molecule has 12 aromatic carbocycles. The van der Waals surface area contributed by atoms with E-state index < -0.39 is 0 Å². The van der Waals surface area contributed by atoms with Crippen LogP contribution in [0.25, 0.3) is 150 Å². The van der Waals surface area contributed by atoms with Gasteiger partial charge >= 0.3 is 0 Å². The van der Waals surface area contributed by atoms with Crippen LogP contribution in [0.3, 0.4) is 0 Å². The summed E-state index contributed by atoms with van der Waals surface area (Å²) in [5, 5.41) is 7.08. The van der Waals surface area contributed by atoms with Crippen molar-refractivity contribution in [1.29, 1.82) is 0 Å². The van der Waals surface area contributed by atoms with E-state index in [9.17, 15) is 0 Å². The van der Waals surface area contributed by atoms with E-state index in [0.717, 1.165) is 100 Å². The van der Waals surface area contributed by atoms with Crippen LogP contribution in [0.1, 0.15) is 0 Å². The van der Waals surface area contributed by atoms with Crippen LogP contribution < -0.4 is 0 Å². The predicted octanol–water partition coefficient (Wildman–Crippen LogP) is 19.2. The van der Waals surface area contributed by atoms with E-state index in [4.69, 9.17) is 15.0 Å². The lowest BCUT2D eigenvalue weighted by atomic mass is 9.85. The van der Waals surface area contributed by atoms with Crippen LogP contribution in [0.2, 0.25) is 0 Å². The van der Waals surface area contributed by atoms with E-state index >= 15 is 0 Å². The number of hydrogen-bond acceptors (Lipinski definition) is 3. The van der Waals surface area contributed by atoms with Crippen molar-refractivity contribution in [1.82, 2.24) is 28.7 Å². The van der Waals surface area contributed by atoms with Crippen molar-refractivity contribution in [2.75, 3.05) is 0 Å². The summed E-state index contributed by atoms with van der Waals surface area (Å²) in [7, 11) is 0. The SMILES string of the molecule is c1ccc(-c2nc(-c3ccccc3)nc(-c3ccc(-c4c(-n5c6ccccc6c6ccccc65)c(-c5ccccc5)c(-n5c6ccccc6c6ccccc65)c(-c5ccccc5)c4-n4c5ccccc5c5ccccc54)cc3)n2)cc1. The number of aromatic nitrogens is 6. The second-order valence-electron chi connectivity index (χ2n) is 20.6. The summed E-state index contributed by atoms with van der Waals surface area (Å²) in [4.78, 5) is 15.5. The van der Waals surface area contributed by atoms with Gasteiger partial charge in [-0.2, -0.15) is 0 Å². The van der Waals surface area contributed by atoms with Gasteiger partial charge in [0.2, 0.25) is 0 Å². The molecule has 4 aromatic heterocycles. The zero-order valence-corrected chi connectivity index (χ0v) is 43.9. The maximum absolute atomic E-state index is 5.22. The van der Waals surface area contributed by atoms with E-state index in [2.05, 4.69) is 268 Å². The van der Waals surface area contributed by atoms with Gasteiger partial charge in [0, 0.05) is 65.7 Å². The predicted molar refractivity (Wildman–Crippen MR) is 335 cm³/mol. The average molecular weight is 1030 g/mol. The third-order valence-electron chi connectivity index (χ3n) is 16.1. The van der Waals surface area contributed by atoms with Crippen LogP contribution in [-0.4, -0.2) is 28.7 Å². The van der Waals surface area contributed by atoms with Crippen LogP contribution in [0.5, 0.6) is 0 Å². The van der Waals surface area contributed by atoms with E-state index in [1.807, 2.05) is 36.4 Å². The van der Waals surface area contributed by atoms with Gasteiger partial charge < -0.3 is 13.7 Å². The van der Waals surface area contributed by atoms with Crippen molar-refractivity contribution < 1.29 is 0 Å². The lowest BCUT2D eigenvalue weighted by Gasteiger charge is -2.31. The molecule has 16 rings (SSSR count). The molecule has 0 unspecified atom stereocenters. The Hall–Kier alpha value is -11.0. The Labute approximate surface area is 467 Å². The number of hydrogen-bond donors (Lipinski definition) is 0. The molecule has 6 nitrogen and oxygen atoms in total. The molecule has 0 atom stereocenters. The van der Waals surface area contributed by atoms with Crippen LogP contribution in [0.4, 0.5) is 0 Å². The minimum Gasteiger partial charge on any atom is -0.308 e. The molecule has 0 aliphatic heterocycles. The highest BCUT2D eigenvalue weighted by atomic mass is 15.1. The largest absolute Gasteiger partial charge is 0.308 e. The molecule has 0 spiro atoms. The molecule has 0 N–H and O–H groups in total. The van der Waals surface area contributed by atoms with Crippen molar-refractivity contribution in [3.8, 4) is 84.6 Å². The Morgan fingerprint density at radius 1 is 0.173 bits per heavy atom. The summed E-state index contributed by atoms with van der Waals surface area (Å²) in [5.74, 6) is 1.83. The molecule has 81 heavy (non-hydrogen) atoms. The van der Waals surface area contributed by atoms with E-state index in [0.29, 0.717) is 17.5 Å². The first-order chi connectivity index (χ1) is 40.2. The van der Waals surface area contributed by atoms with Crippen LogP contribution in [0, 0.1) is 0 Å². The Bertz CT molecular complexity index is 4680. The summed E-state index contributed by atoms with van der Waals surface area (Å²) < 4.78 is 7.68. The fourth-order valence-corrected chi connectivity index (χ4v) is 12.6. The lowest BCUT2D eigenvalue weighted by molar-refractivity contribution is 1.07. The maximum Gasteiger partial charge on any atom is 0.164 e. The van der Waals surface area contributed by atoms with Gasteiger partial charge in [-0.1, -0.05) is 255 Å². The van der Waals surface area contributed by atoms with Gasteiger partial charge in [-0.05, 0) is 53.1 Å². The van der Waals surface area contributed by atoms with Gasteiger partial charge in [-0.3, -0.25) is 0 Å². The lowest BCUT2D eigenvalue weighted by Crippen LogP contribution is -2.13. The molecular formula is C75H48N6. The second-order valence-corrected chi connectivity index (χ2v) is 20.6. The Morgan fingerprint density at radius 3 is 0.617 bits per heavy atom. The summed E-state index contributed by atoms with van der Waals surface area (Å²) >= 11 is 0. The van der Waals surface area contributed by atoms with Crippen molar-refractivity contribution in [3.05, 3.63) is 291 Å². The minimum atomic E-state index is 0.594. The topological polar surface area (TPSA) is 53.5 Å². The molecule has 0 aliphatic rings. The van der Waals surface area contributed by atoms with Crippen molar-refractivity contribution in [3.63, 3.8) is 0 Å². The first-order valence-electron chi connectivity index (χ1n) is 27.5. The number of para-hydroxylation sites is 6. The second kappa shape index (κ2) is 18.9. The third-order valence-corrected chi connectivity index (χ3v) is 16.1. The normalized spacial score (nSPS) is 11.7. The van der Waals surface area contributed by atoms with Crippen LogP contribution >= 0.6 is 0 Å². The summed E-state index contributed by atoms with van der Waals surface area (Å²) in [5.41, 5.74) is 19.0. The zero-order valence-electron chi connectivity index (χ0n) is 43.9. The molecule has 0 radical (unpaired) electrons. The molecule has 0 aliphatic carbocycles. The highest BCUT2D eigenvalue weighted by Gasteiger charge is 2.34. The molecule has 4 heterocycles. The van der Waals surface area contributed by atoms with Crippen LogP contribution in [0.15, 0.2) is 291 Å². The summed E-state index contributed by atoms with van der Waals surface area (Å²) in [6, 6.07) is 105. The highest BCUT2D eigenvalue weighted by molar-refractivity contribution is 6.18. The molecule has 0 amide bonds. The first kappa shape index (κ1) is 46.2. The molecule has 0 fully saturated rings. The smallest absolute Gasteiger partial charge is 0.164 e. The van der Waals surface area contributed by atoms with Gasteiger partial charge in [-0.15, -0.1) is 0 Å². The molecule has 0 saturated carbocycles. The Kier molecular flexibility index (Phi) is 10.8. The molecule has 16 aromatic rings.